The first-order valence-electron chi connectivity index (χ1n) is 13.0. The molecule has 4 aromatic carbocycles. The van der Waals surface area contributed by atoms with Crippen molar-refractivity contribution >= 4 is 33.6 Å². The molecule has 0 radical (unpaired) electrons. The molecule has 0 saturated carbocycles. The van der Waals surface area contributed by atoms with Gasteiger partial charge in [-0.15, -0.1) is 23.5 Å². The Morgan fingerprint density at radius 2 is 0.919 bits per heavy atom. The van der Waals surface area contributed by atoms with Crippen LogP contribution in [0.2, 0.25) is 0 Å². The summed E-state index contributed by atoms with van der Waals surface area (Å²) in [6, 6.07) is 39.9. The molecule has 0 N–H and O–H groups in total. The summed E-state index contributed by atoms with van der Waals surface area (Å²) in [5.74, 6) is 1.98. The molecule has 1 aliphatic carbocycles. The molecule has 7 rings (SSSR count). The maximum atomic E-state index is 5.47. The van der Waals surface area contributed by atoms with Gasteiger partial charge in [0.05, 0.1) is 27.6 Å². The zero-order chi connectivity index (χ0) is 24.7. The average molecular weight is 517 g/mol. The van der Waals surface area contributed by atoms with Crippen LogP contribution >= 0.6 is 23.5 Å². The molecule has 3 aliphatic rings. The van der Waals surface area contributed by atoms with E-state index < -0.39 is 0 Å². The van der Waals surface area contributed by atoms with Crippen molar-refractivity contribution in [2.75, 3.05) is 11.5 Å². The number of fused-ring (bicyclic) bond motifs is 3. The van der Waals surface area contributed by atoms with Crippen molar-refractivity contribution in [3.63, 3.8) is 0 Å². The highest BCUT2D eigenvalue weighted by molar-refractivity contribution is 8.16. The molecule has 4 aromatic rings. The van der Waals surface area contributed by atoms with Crippen molar-refractivity contribution in [1.82, 2.24) is 0 Å². The minimum Gasteiger partial charge on any atom is -0.273 e. The Bertz CT molecular complexity index is 1380. The zero-order valence-electron chi connectivity index (χ0n) is 20.6. The molecule has 0 bridgehead atoms. The Kier molecular flexibility index (Phi) is 6.02. The summed E-state index contributed by atoms with van der Waals surface area (Å²) in [5.41, 5.74) is 7.86. The first-order valence-corrected chi connectivity index (χ1v) is 15.0. The van der Waals surface area contributed by atoms with Gasteiger partial charge < -0.3 is 0 Å². The Hall–Kier alpha value is -3.08. The predicted octanol–water partition coefficient (Wildman–Crippen LogP) is 8.21. The number of thioether (sulfide) groups is 2. The normalized spacial score (nSPS) is 21.9. The van der Waals surface area contributed by atoms with Gasteiger partial charge in [-0.05, 0) is 46.2 Å². The van der Waals surface area contributed by atoms with E-state index in [1.165, 1.54) is 43.5 Å². The maximum Gasteiger partial charge on any atom is 0.0853 e. The second-order valence-electron chi connectivity index (χ2n) is 10.1. The van der Waals surface area contributed by atoms with Crippen LogP contribution in [-0.4, -0.2) is 21.6 Å². The van der Waals surface area contributed by atoms with Crippen LogP contribution in [0.15, 0.2) is 119 Å². The van der Waals surface area contributed by atoms with E-state index in [-0.39, 0.29) is 17.5 Å². The van der Waals surface area contributed by atoms with Crippen molar-refractivity contribution in [3.8, 4) is 11.1 Å². The van der Waals surface area contributed by atoms with E-state index in [0.717, 1.165) is 24.3 Å². The van der Waals surface area contributed by atoms with Crippen molar-refractivity contribution in [2.45, 2.75) is 24.9 Å². The van der Waals surface area contributed by atoms with E-state index in [1.54, 1.807) is 0 Å². The fourth-order valence-electron chi connectivity index (χ4n) is 5.94. The highest BCUT2D eigenvalue weighted by Gasteiger charge is 2.48. The van der Waals surface area contributed by atoms with Crippen LogP contribution in [0.5, 0.6) is 0 Å². The first-order chi connectivity index (χ1) is 18.3. The lowest BCUT2D eigenvalue weighted by Gasteiger charge is -2.33. The lowest BCUT2D eigenvalue weighted by atomic mass is 9.79. The van der Waals surface area contributed by atoms with Gasteiger partial charge in [0.1, 0.15) is 0 Å². The van der Waals surface area contributed by atoms with Crippen LogP contribution in [0.4, 0.5) is 0 Å². The third-order valence-corrected chi connectivity index (χ3v) is 10.3. The van der Waals surface area contributed by atoms with Crippen molar-refractivity contribution in [1.29, 1.82) is 0 Å². The summed E-state index contributed by atoms with van der Waals surface area (Å²) < 4.78 is 0. The smallest absolute Gasteiger partial charge is 0.0853 e. The van der Waals surface area contributed by atoms with Crippen LogP contribution in [0, 0.1) is 5.41 Å². The van der Waals surface area contributed by atoms with Gasteiger partial charge in [-0.2, -0.15) is 0 Å². The molecule has 0 fully saturated rings. The second kappa shape index (κ2) is 9.66. The van der Waals surface area contributed by atoms with Gasteiger partial charge in [-0.1, -0.05) is 109 Å². The molecule has 0 unspecified atom stereocenters. The standard InChI is InChI=1S/C33H28N2S2/c1-3-11-23(12-4-1)29-21-36-31(34-29)33(32-35-30(22-37-32)24-13-5-2-6-14-24)19-25-15-7-9-17-27(25)28-18-10-8-16-26(28)20-33/h1-18,29-30H,19-22H2/t29-,30-/m1/s1. The molecule has 4 heteroatoms. The molecule has 0 spiro atoms. The van der Waals surface area contributed by atoms with Crippen molar-refractivity contribution in [2.24, 2.45) is 15.4 Å². The summed E-state index contributed by atoms with van der Waals surface area (Å²) in [7, 11) is 0. The number of benzene rings is 4. The molecule has 0 amide bonds. The number of aliphatic imine (C=N–C) groups is 2. The summed E-state index contributed by atoms with van der Waals surface area (Å²) in [6.07, 6.45) is 1.86. The van der Waals surface area contributed by atoms with Crippen LogP contribution < -0.4 is 0 Å². The van der Waals surface area contributed by atoms with Gasteiger partial charge in [0, 0.05) is 11.5 Å². The average Bonchev–Trinajstić information content (AvgIpc) is 3.63. The van der Waals surface area contributed by atoms with Crippen molar-refractivity contribution < 1.29 is 0 Å². The lowest BCUT2D eigenvalue weighted by molar-refractivity contribution is 0.583. The molecule has 37 heavy (non-hydrogen) atoms. The molecule has 0 aromatic heterocycles. The third-order valence-electron chi connectivity index (χ3n) is 7.80. The molecule has 182 valence electrons. The molecule has 0 saturated heterocycles. The zero-order valence-corrected chi connectivity index (χ0v) is 22.2. The highest BCUT2D eigenvalue weighted by atomic mass is 32.2. The van der Waals surface area contributed by atoms with Crippen LogP contribution in [0.1, 0.15) is 34.3 Å². The van der Waals surface area contributed by atoms with E-state index in [2.05, 4.69) is 109 Å². The van der Waals surface area contributed by atoms with E-state index in [0.29, 0.717) is 0 Å². The summed E-state index contributed by atoms with van der Waals surface area (Å²) in [6.45, 7) is 0. The molecular formula is C33H28N2S2. The lowest BCUT2D eigenvalue weighted by Crippen LogP contribution is -2.39. The molecule has 2 aliphatic heterocycles. The third kappa shape index (κ3) is 4.17. The quantitative estimate of drug-likeness (QED) is 0.273. The molecular weight excluding hydrogens is 489 g/mol. The van der Waals surface area contributed by atoms with Crippen LogP contribution in [-0.2, 0) is 12.8 Å². The van der Waals surface area contributed by atoms with Crippen molar-refractivity contribution in [3.05, 3.63) is 131 Å². The molecule has 2 nitrogen and oxygen atoms in total. The minimum absolute atomic E-state index is 0.198. The van der Waals surface area contributed by atoms with Gasteiger partial charge in [-0.3, -0.25) is 9.98 Å². The summed E-state index contributed by atoms with van der Waals surface area (Å²) >= 11 is 3.90. The highest BCUT2D eigenvalue weighted by Crippen LogP contribution is 2.51. The van der Waals surface area contributed by atoms with Crippen LogP contribution in [0.3, 0.4) is 0 Å². The van der Waals surface area contributed by atoms with E-state index >= 15 is 0 Å². The summed E-state index contributed by atoms with van der Waals surface area (Å²) in [5, 5.41) is 2.51. The summed E-state index contributed by atoms with van der Waals surface area (Å²) in [4.78, 5) is 10.9. The monoisotopic (exact) mass is 516 g/mol. The molecule has 2 atom stereocenters. The molecule has 2 heterocycles. The van der Waals surface area contributed by atoms with E-state index in [1.807, 2.05) is 23.5 Å². The number of rotatable bonds is 4. The van der Waals surface area contributed by atoms with Gasteiger partial charge in [0.2, 0.25) is 0 Å². The predicted molar refractivity (Wildman–Crippen MR) is 160 cm³/mol. The van der Waals surface area contributed by atoms with Gasteiger partial charge >= 0.3 is 0 Å². The minimum atomic E-state index is -0.245. The first kappa shape index (κ1) is 23.1. The van der Waals surface area contributed by atoms with Gasteiger partial charge in [0.25, 0.3) is 0 Å². The topological polar surface area (TPSA) is 24.7 Å². The largest absolute Gasteiger partial charge is 0.273 e. The second-order valence-corrected chi connectivity index (χ2v) is 12.1. The Morgan fingerprint density at radius 3 is 1.38 bits per heavy atom. The number of nitrogens with zero attached hydrogens (tertiary/aromatic N) is 2. The van der Waals surface area contributed by atoms with Gasteiger partial charge in [0.15, 0.2) is 0 Å². The fourth-order valence-corrected chi connectivity index (χ4v) is 8.61. The van der Waals surface area contributed by atoms with Crippen LogP contribution in [0.25, 0.3) is 11.1 Å². The maximum absolute atomic E-state index is 5.47. The van der Waals surface area contributed by atoms with E-state index in [9.17, 15) is 0 Å². The number of hydrogen-bond acceptors (Lipinski definition) is 4. The fraction of sp³-hybridized carbons (Fsp3) is 0.212. The number of hydrogen-bond donors (Lipinski definition) is 0. The Morgan fingerprint density at radius 1 is 0.514 bits per heavy atom. The Labute approximate surface area is 227 Å². The van der Waals surface area contributed by atoms with E-state index in [4.69, 9.17) is 9.98 Å². The van der Waals surface area contributed by atoms with Gasteiger partial charge in [-0.25, -0.2) is 0 Å². The Balaban J connectivity index is 1.40. The SMILES string of the molecule is c1ccc([C@H]2CSC(C3(C4=N[C@@H](c5ccccc5)CS4)Cc4ccccc4-c4ccccc4C3)=N2)cc1.